The first-order chi connectivity index (χ1) is 14.2. The minimum absolute atomic E-state index is 0.0222. The van der Waals surface area contributed by atoms with Crippen molar-refractivity contribution in [1.29, 1.82) is 0 Å². The molecule has 0 aliphatic carbocycles. The van der Waals surface area contributed by atoms with Crippen LogP contribution in [0.3, 0.4) is 0 Å². The summed E-state index contributed by atoms with van der Waals surface area (Å²) in [5, 5.41) is 0. The number of amides is 2. The van der Waals surface area contributed by atoms with Crippen LogP contribution in [0.2, 0.25) is 0 Å². The number of rotatable bonds is 8. The number of ether oxygens (including phenoxy) is 3. The molecule has 0 spiro atoms. The van der Waals surface area contributed by atoms with Crippen molar-refractivity contribution in [2.24, 2.45) is 0 Å². The average Bonchev–Trinajstić information content (AvgIpc) is 3.42. The van der Waals surface area contributed by atoms with E-state index in [0.717, 1.165) is 24.8 Å². The van der Waals surface area contributed by atoms with Crippen molar-refractivity contribution in [3.8, 4) is 0 Å². The van der Waals surface area contributed by atoms with Crippen LogP contribution in [-0.4, -0.2) is 66.5 Å². The van der Waals surface area contributed by atoms with E-state index >= 15 is 0 Å². The van der Waals surface area contributed by atoms with E-state index in [4.69, 9.17) is 14.2 Å². The van der Waals surface area contributed by atoms with E-state index < -0.39 is 18.4 Å². The van der Waals surface area contributed by atoms with Gasteiger partial charge in [0, 0.05) is 26.3 Å². The third-order valence-corrected chi connectivity index (χ3v) is 5.54. The first-order valence-corrected chi connectivity index (χ1v) is 10.7. The lowest BCUT2D eigenvalue weighted by atomic mass is 10.1. The molecule has 7 nitrogen and oxygen atoms in total. The van der Waals surface area contributed by atoms with Gasteiger partial charge in [-0.05, 0) is 45.1 Å². The fourth-order valence-electron chi connectivity index (χ4n) is 4.18. The molecule has 2 saturated heterocycles. The monoisotopic (exact) mass is 404 g/mol. The molecule has 2 fully saturated rings. The summed E-state index contributed by atoms with van der Waals surface area (Å²) >= 11 is 0. The van der Waals surface area contributed by atoms with E-state index in [2.05, 4.69) is 0 Å². The van der Waals surface area contributed by atoms with E-state index in [1.807, 2.05) is 49.1 Å². The van der Waals surface area contributed by atoms with E-state index in [1.54, 1.807) is 4.90 Å². The molecular weight excluding hydrogens is 372 g/mol. The van der Waals surface area contributed by atoms with Crippen LogP contribution in [0.15, 0.2) is 30.3 Å². The number of carbonyl (C=O) groups excluding carboxylic acids is 2. The molecule has 0 aromatic heterocycles. The van der Waals surface area contributed by atoms with E-state index in [0.29, 0.717) is 32.7 Å². The maximum atomic E-state index is 13.3. The van der Waals surface area contributed by atoms with Crippen molar-refractivity contribution in [3.63, 3.8) is 0 Å². The lowest BCUT2D eigenvalue weighted by Crippen LogP contribution is -2.52. The predicted molar refractivity (Wildman–Crippen MR) is 108 cm³/mol. The third-order valence-electron chi connectivity index (χ3n) is 5.54. The van der Waals surface area contributed by atoms with Crippen LogP contribution in [0.4, 0.5) is 4.79 Å². The van der Waals surface area contributed by atoms with Crippen LogP contribution in [0.1, 0.15) is 45.1 Å². The minimum Gasteiger partial charge on any atom is -0.445 e. The van der Waals surface area contributed by atoms with Crippen molar-refractivity contribution < 1.29 is 23.8 Å². The van der Waals surface area contributed by atoms with Gasteiger partial charge in [-0.1, -0.05) is 30.3 Å². The Kier molecular flexibility index (Phi) is 7.89. The normalized spacial score (nSPS) is 21.8. The van der Waals surface area contributed by atoms with Gasteiger partial charge < -0.3 is 19.1 Å². The van der Waals surface area contributed by atoms with Crippen LogP contribution < -0.4 is 0 Å². The molecular formula is C22H32N2O5. The smallest absolute Gasteiger partial charge is 0.410 e. The van der Waals surface area contributed by atoms with Gasteiger partial charge in [0.1, 0.15) is 12.6 Å². The highest BCUT2D eigenvalue weighted by Gasteiger charge is 2.43. The Balaban J connectivity index is 1.63. The molecule has 0 bridgehead atoms. The van der Waals surface area contributed by atoms with Gasteiger partial charge in [-0.25, -0.2) is 4.79 Å². The molecule has 160 valence electrons. The number of likely N-dealkylation sites (tertiary alicyclic amines) is 2. The molecule has 1 aromatic rings. The van der Waals surface area contributed by atoms with Crippen molar-refractivity contribution in [1.82, 2.24) is 9.80 Å². The zero-order valence-corrected chi connectivity index (χ0v) is 17.4. The van der Waals surface area contributed by atoms with E-state index in [1.165, 1.54) is 0 Å². The highest BCUT2D eigenvalue weighted by molar-refractivity contribution is 5.86. The number of hydrogen-bond acceptors (Lipinski definition) is 5. The quantitative estimate of drug-likeness (QED) is 0.623. The predicted octanol–water partition coefficient (Wildman–Crippen LogP) is 3.18. The molecule has 2 heterocycles. The second-order valence-corrected chi connectivity index (χ2v) is 7.41. The molecule has 3 rings (SSSR count). The topological polar surface area (TPSA) is 68.3 Å². The van der Waals surface area contributed by atoms with Crippen LogP contribution in [0.5, 0.6) is 0 Å². The summed E-state index contributed by atoms with van der Waals surface area (Å²) in [6.45, 7) is 6.34. The van der Waals surface area contributed by atoms with Crippen LogP contribution in [0.25, 0.3) is 0 Å². The summed E-state index contributed by atoms with van der Waals surface area (Å²) < 4.78 is 17.0. The van der Waals surface area contributed by atoms with E-state index in [9.17, 15) is 9.59 Å². The zero-order valence-electron chi connectivity index (χ0n) is 17.4. The summed E-state index contributed by atoms with van der Waals surface area (Å²) in [5.41, 5.74) is 0.929. The van der Waals surface area contributed by atoms with Crippen molar-refractivity contribution in [3.05, 3.63) is 35.9 Å². The van der Waals surface area contributed by atoms with E-state index in [-0.39, 0.29) is 18.6 Å². The molecule has 2 amide bonds. The van der Waals surface area contributed by atoms with Crippen LogP contribution in [0, 0.1) is 0 Å². The van der Waals surface area contributed by atoms with Gasteiger partial charge in [0.2, 0.25) is 5.91 Å². The summed E-state index contributed by atoms with van der Waals surface area (Å²) in [6.07, 6.45) is 2.38. The minimum atomic E-state index is -0.470. The first kappa shape index (κ1) is 21.6. The molecule has 1 aromatic carbocycles. The molecule has 2 atom stereocenters. The second kappa shape index (κ2) is 10.6. The lowest BCUT2D eigenvalue weighted by Gasteiger charge is -2.34. The molecule has 0 radical (unpaired) electrons. The van der Waals surface area contributed by atoms with Gasteiger partial charge in [0.25, 0.3) is 0 Å². The molecule has 0 saturated carbocycles. The number of carbonyl (C=O) groups is 2. The number of nitrogens with zero attached hydrogens (tertiary/aromatic N) is 2. The van der Waals surface area contributed by atoms with Crippen molar-refractivity contribution >= 4 is 12.0 Å². The first-order valence-electron chi connectivity index (χ1n) is 10.7. The standard InChI is InChI=1S/C22H32N2O5/c1-3-27-21(28-4-2)19-13-9-14-23(19)20(25)18-12-8-15-24(18)22(26)29-16-17-10-6-5-7-11-17/h5-7,10-11,18-19,21H,3-4,8-9,12-16H2,1-2H3/t18-,19+/m1/s1. The van der Waals surface area contributed by atoms with Gasteiger partial charge in [0.05, 0.1) is 6.04 Å². The molecule has 0 N–H and O–H groups in total. The van der Waals surface area contributed by atoms with Gasteiger partial charge in [-0.3, -0.25) is 9.69 Å². The zero-order chi connectivity index (χ0) is 20.6. The van der Waals surface area contributed by atoms with Crippen molar-refractivity contribution in [2.75, 3.05) is 26.3 Å². The fraction of sp³-hybridized carbons (Fsp3) is 0.636. The Bertz CT molecular complexity index is 662. The Hall–Kier alpha value is -2.12. The molecule has 0 unspecified atom stereocenters. The fourth-order valence-corrected chi connectivity index (χ4v) is 4.18. The molecule has 2 aliphatic rings. The summed E-state index contributed by atoms with van der Waals surface area (Å²) in [7, 11) is 0. The SMILES string of the molecule is CCOC(OCC)[C@@H]1CCCN1C(=O)[C@H]1CCCN1C(=O)OCc1ccccc1. The number of benzene rings is 1. The Morgan fingerprint density at radius 3 is 2.34 bits per heavy atom. The summed E-state index contributed by atoms with van der Waals surface area (Å²) in [5.74, 6) is -0.0222. The van der Waals surface area contributed by atoms with Crippen LogP contribution in [-0.2, 0) is 25.6 Å². The maximum absolute atomic E-state index is 13.3. The third kappa shape index (κ3) is 5.28. The molecule has 29 heavy (non-hydrogen) atoms. The summed E-state index contributed by atoms with van der Waals surface area (Å²) in [6, 6.07) is 8.99. The Morgan fingerprint density at radius 2 is 1.66 bits per heavy atom. The average molecular weight is 405 g/mol. The van der Waals surface area contributed by atoms with Gasteiger partial charge >= 0.3 is 6.09 Å². The van der Waals surface area contributed by atoms with Gasteiger partial charge in [-0.2, -0.15) is 0 Å². The van der Waals surface area contributed by atoms with Gasteiger partial charge in [-0.15, -0.1) is 0 Å². The second-order valence-electron chi connectivity index (χ2n) is 7.41. The Morgan fingerprint density at radius 1 is 1.00 bits per heavy atom. The largest absolute Gasteiger partial charge is 0.445 e. The van der Waals surface area contributed by atoms with Crippen molar-refractivity contribution in [2.45, 2.75) is 64.5 Å². The lowest BCUT2D eigenvalue weighted by molar-refractivity contribution is -0.176. The Labute approximate surface area is 172 Å². The number of hydrogen-bond donors (Lipinski definition) is 0. The highest BCUT2D eigenvalue weighted by atomic mass is 16.7. The molecule has 7 heteroatoms. The summed E-state index contributed by atoms with van der Waals surface area (Å²) in [4.78, 5) is 29.4. The highest BCUT2D eigenvalue weighted by Crippen LogP contribution is 2.28. The maximum Gasteiger partial charge on any atom is 0.410 e. The van der Waals surface area contributed by atoms with Gasteiger partial charge in [0.15, 0.2) is 6.29 Å². The van der Waals surface area contributed by atoms with Crippen LogP contribution >= 0.6 is 0 Å². The molecule has 2 aliphatic heterocycles.